The second-order valence-electron chi connectivity index (χ2n) is 8.61. The molecule has 6 rings (SSSR count). The maximum atomic E-state index is 13.4. The third-order valence-electron chi connectivity index (χ3n) is 6.12. The molecule has 0 radical (unpaired) electrons. The fourth-order valence-electron chi connectivity index (χ4n) is 4.26. The number of hydrogen-bond acceptors (Lipinski definition) is 8. The summed E-state index contributed by atoms with van der Waals surface area (Å²) in [5.74, 6) is 0.232. The van der Waals surface area contributed by atoms with Crippen LogP contribution in [-0.4, -0.2) is 42.7 Å². The van der Waals surface area contributed by atoms with Gasteiger partial charge in [-0.2, -0.15) is 10.1 Å². The number of fused-ring (bicyclic) bond motifs is 2. The van der Waals surface area contributed by atoms with Crippen molar-refractivity contribution in [3.63, 3.8) is 0 Å². The van der Waals surface area contributed by atoms with Crippen molar-refractivity contribution in [2.45, 2.75) is 6.92 Å². The summed E-state index contributed by atoms with van der Waals surface area (Å²) >= 11 is 7.51. The number of methoxy groups -OCH3 is 1. The predicted molar refractivity (Wildman–Crippen MR) is 149 cm³/mol. The van der Waals surface area contributed by atoms with Crippen LogP contribution in [0.4, 0.5) is 5.13 Å². The molecule has 6 aromatic rings. The van der Waals surface area contributed by atoms with Gasteiger partial charge in [0.15, 0.2) is 15.6 Å². The number of carbonyl (C=O) groups is 1. The van der Waals surface area contributed by atoms with E-state index in [1.807, 2.05) is 49.1 Å². The molecule has 188 valence electrons. The summed E-state index contributed by atoms with van der Waals surface area (Å²) in [4.78, 5) is 32.0. The fraction of sp³-hybridized carbons (Fsp3) is 0.111. The van der Waals surface area contributed by atoms with Gasteiger partial charge in [-0.05, 0) is 43.3 Å². The Morgan fingerprint density at radius 3 is 2.74 bits per heavy atom. The van der Waals surface area contributed by atoms with E-state index in [1.165, 1.54) is 17.5 Å². The number of aromatic nitrogens is 6. The van der Waals surface area contributed by atoms with Crippen LogP contribution in [0.15, 0.2) is 61.1 Å². The number of pyridine rings is 1. The van der Waals surface area contributed by atoms with E-state index < -0.39 is 0 Å². The highest BCUT2D eigenvalue weighted by atomic mass is 35.5. The third-order valence-corrected chi connectivity index (χ3v) is 7.21. The van der Waals surface area contributed by atoms with Crippen molar-refractivity contribution in [1.29, 1.82) is 0 Å². The van der Waals surface area contributed by atoms with E-state index in [1.54, 1.807) is 31.5 Å². The number of hydrogen-bond donors (Lipinski definition) is 1. The standard InChI is InChI=1S/C27H20ClN7O2S/c1-14-8-18(19-10-17(28)5-7-23(19)37-3)20(12-29-14)25(36)34-27-33-24-26(38-27)32-21(13-30-24)15-4-6-22-16(9-15)11-31-35(22)2/h4-13H,1-3H3,(H,30,33,34,36). The van der Waals surface area contributed by atoms with Crippen LogP contribution in [0.2, 0.25) is 5.02 Å². The molecule has 38 heavy (non-hydrogen) atoms. The van der Waals surface area contributed by atoms with Crippen LogP contribution < -0.4 is 10.1 Å². The number of anilines is 1. The Bertz CT molecular complexity index is 1860. The Morgan fingerprint density at radius 2 is 1.89 bits per heavy atom. The van der Waals surface area contributed by atoms with Crippen LogP contribution in [-0.2, 0) is 7.05 Å². The first kappa shape index (κ1) is 24.0. The first-order valence-electron chi connectivity index (χ1n) is 11.6. The van der Waals surface area contributed by atoms with Crippen LogP contribution in [0.5, 0.6) is 5.75 Å². The summed E-state index contributed by atoms with van der Waals surface area (Å²) in [6.45, 7) is 1.86. The van der Waals surface area contributed by atoms with E-state index in [2.05, 4.69) is 25.4 Å². The summed E-state index contributed by atoms with van der Waals surface area (Å²) in [6, 6.07) is 13.1. The summed E-state index contributed by atoms with van der Waals surface area (Å²) in [6.07, 6.45) is 5.04. The lowest BCUT2D eigenvalue weighted by Gasteiger charge is -2.13. The summed E-state index contributed by atoms with van der Waals surface area (Å²) in [5.41, 5.74) is 5.58. The van der Waals surface area contributed by atoms with Gasteiger partial charge >= 0.3 is 0 Å². The van der Waals surface area contributed by atoms with Crippen LogP contribution in [0.3, 0.4) is 0 Å². The molecule has 4 heterocycles. The fourth-order valence-corrected chi connectivity index (χ4v) is 5.22. The van der Waals surface area contributed by atoms with Gasteiger partial charge in [0.1, 0.15) is 5.75 Å². The highest BCUT2D eigenvalue weighted by Crippen LogP contribution is 2.35. The van der Waals surface area contributed by atoms with Crippen molar-refractivity contribution in [2.24, 2.45) is 7.05 Å². The van der Waals surface area contributed by atoms with Gasteiger partial charge in [-0.15, -0.1) is 0 Å². The van der Waals surface area contributed by atoms with Crippen LogP contribution >= 0.6 is 22.9 Å². The molecule has 11 heteroatoms. The predicted octanol–water partition coefficient (Wildman–Crippen LogP) is 5.92. The van der Waals surface area contributed by atoms with Gasteiger partial charge < -0.3 is 4.74 Å². The van der Waals surface area contributed by atoms with E-state index in [0.29, 0.717) is 48.8 Å². The number of carbonyl (C=O) groups excluding carboxylic acids is 1. The monoisotopic (exact) mass is 541 g/mol. The number of nitrogens with zero attached hydrogens (tertiary/aromatic N) is 6. The van der Waals surface area contributed by atoms with Crippen molar-refractivity contribution < 1.29 is 9.53 Å². The molecule has 0 aliphatic rings. The average molecular weight is 542 g/mol. The molecule has 0 saturated carbocycles. The zero-order chi connectivity index (χ0) is 26.4. The number of nitrogens with one attached hydrogen (secondary N) is 1. The quantitative estimate of drug-likeness (QED) is 0.288. The number of amides is 1. The molecule has 0 atom stereocenters. The number of thiazole rings is 1. The maximum absolute atomic E-state index is 13.4. The summed E-state index contributed by atoms with van der Waals surface area (Å²) < 4.78 is 7.34. The van der Waals surface area contributed by atoms with Crippen LogP contribution in [0.1, 0.15) is 16.1 Å². The Labute approximate surface area is 226 Å². The zero-order valence-electron chi connectivity index (χ0n) is 20.6. The molecule has 1 N–H and O–H groups in total. The minimum Gasteiger partial charge on any atom is -0.496 e. The first-order valence-corrected chi connectivity index (χ1v) is 12.8. The maximum Gasteiger partial charge on any atom is 0.259 e. The zero-order valence-corrected chi connectivity index (χ0v) is 22.1. The van der Waals surface area contributed by atoms with Crippen molar-refractivity contribution in [3.8, 4) is 28.1 Å². The number of benzene rings is 2. The Morgan fingerprint density at radius 1 is 1.03 bits per heavy atom. The van der Waals surface area contributed by atoms with E-state index in [9.17, 15) is 4.79 Å². The van der Waals surface area contributed by atoms with E-state index in [0.717, 1.165) is 22.2 Å². The topological polar surface area (TPSA) is 108 Å². The molecule has 0 spiro atoms. The second-order valence-corrected chi connectivity index (χ2v) is 10.0. The van der Waals surface area contributed by atoms with Crippen molar-refractivity contribution in [1.82, 2.24) is 29.7 Å². The molecule has 1 amide bonds. The van der Waals surface area contributed by atoms with Gasteiger partial charge in [-0.25, -0.2) is 9.97 Å². The molecule has 2 aromatic carbocycles. The minimum absolute atomic E-state index is 0.363. The summed E-state index contributed by atoms with van der Waals surface area (Å²) in [5, 5.41) is 9.11. The van der Waals surface area contributed by atoms with Gasteiger partial charge in [-0.1, -0.05) is 29.0 Å². The summed E-state index contributed by atoms with van der Waals surface area (Å²) in [7, 11) is 3.48. The van der Waals surface area contributed by atoms with Crippen molar-refractivity contribution in [3.05, 3.63) is 77.3 Å². The molecule has 0 aliphatic carbocycles. The molecule has 0 saturated heterocycles. The number of ether oxygens (including phenoxy) is 1. The van der Waals surface area contributed by atoms with Crippen molar-refractivity contribution >= 4 is 55.4 Å². The molecular formula is C27H20ClN7O2S. The number of rotatable bonds is 5. The Hall–Kier alpha value is -4.41. The number of halogens is 1. The molecule has 4 aromatic heterocycles. The van der Waals surface area contributed by atoms with Gasteiger partial charge in [0.05, 0.1) is 36.3 Å². The molecule has 0 bridgehead atoms. The molecule has 0 unspecified atom stereocenters. The minimum atomic E-state index is -0.365. The lowest BCUT2D eigenvalue weighted by atomic mass is 9.99. The molecule has 0 fully saturated rings. The third kappa shape index (κ3) is 4.33. The smallest absolute Gasteiger partial charge is 0.259 e. The highest BCUT2D eigenvalue weighted by molar-refractivity contribution is 7.21. The molecule has 9 nitrogen and oxygen atoms in total. The first-order chi connectivity index (χ1) is 18.4. The number of aryl methyl sites for hydroxylation is 2. The molecule has 0 aliphatic heterocycles. The van der Waals surface area contributed by atoms with E-state index in [4.69, 9.17) is 21.3 Å². The van der Waals surface area contributed by atoms with Crippen molar-refractivity contribution in [2.75, 3.05) is 12.4 Å². The van der Waals surface area contributed by atoms with Crippen LogP contribution in [0.25, 0.3) is 43.8 Å². The van der Waals surface area contributed by atoms with Crippen LogP contribution in [0, 0.1) is 6.92 Å². The van der Waals surface area contributed by atoms with E-state index in [-0.39, 0.29) is 5.91 Å². The van der Waals surface area contributed by atoms with Gasteiger partial charge in [0.2, 0.25) is 0 Å². The normalized spacial score (nSPS) is 11.3. The molecular weight excluding hydrogens is 522 g/mol. The largest absolute Gasteiger partial charge is 0.496 e. The average Bonchev–Trinajstić information content (AvgIpc) is 3.50. The Balaban J connectivity index is 1.32. The van der Waals surface area contributed by atoms with E-state index >= 15 is 0 Å². The second kappa shape index (κ2) is 9.47. The van der Waals surface area contributed by atoms with Gasteiger partial charge in [0, 0.05) is 46.0 Å². The highest BCUT2D eigenvalue weighted by Gasteiger charge is 2.19. The lowest BCUT2D eigenvalue weighted by Crippen LogP contribution is -2.14. The SMILES string of the molecule is COc1ccc(Cl)cc1-c1cc(C)ncc1C(=O)Nc1nc2ncc(-c3ccc4c(cnn4C)c3)nc2s1. The van der Waals surface area contributed by atoms with Gasteiger partial charge in [0.25, 0.3) is 5.91 Å². The Kier molecular flexibility index (Phi) is 5.97. The lowest BCUT2D eigenvalue weighted by molar-refractivity contribution is 0.102. The van der Waals surface area contributed by atoms with Gasteiger partial charge in [-0.3, -0.25) is 19.8 Å².